The lowest BCUT2D eigenvalue weighted by Crippen LogP contribution is -2.34. The molecule has 0 spiro atoms. The van der Waals surface area contributed by atoms with Gasteiger partial charge in [-0.05, 0) is 47.8 Å². The Kier molecular flexibility index (Phi) is 6.50. The molecule has 1 atom stereocenters. The van der Waals surface area contributed by atoms with E-state index < -0.39 is 0 Å². The fraction of sp³-hybridized carbons (Fsp3) is 0.417. The van der Waals surface area contributed by atoms with E-state index in [2.05, 4.69) is 37.4 Å². The van der Waals surface area contributed by atoms with Gasteiger partial charge in [0.25, 0.3) is 0 Å². The molecule has 1 aliphatic rings. The van der Waals surface area contributed by atoms with E-state index in [0.29, 0.717) is 18.0 Å². The summed E-state index contributed by atoms with van der Waals surface area (Å²) in [6.07, 6.45) is 6.10. The van der Waals surface area contributed by atoms with E-state index in [-0.39, 0.29) is 5.92 Å². The minimum atomic E-state index is 0.233. The smallest absolute Gasteiger partial charge is 0.198 e. The number of anilines is 2. The largest absolute Gasteiger partial charge is 0.497 e. The monoisotopic (exact) mass is 540 g/mol. The zero-order chi connectivity index (χ0) is 24.5. The van der Waals surface area contributed by atoms with Crippen molar-refractivity contribution in [2.75, 3.05) is 37.5 Å². The SMILES string of the molecule is COc1ccc(CNc2nc(Br)c(C)n3nc(C4CCCN(c5cnn(C)c5)C4)nc23)c(OC)c1. The number of ether oxygens (including phenoxy) is 2. The van der Waals surface area contributed by atoms with Gasteiger partial charge >= 0.3 is 0 Å². The highest BCUT2D eigenvalue weighted by Gasteiger charge is 2.27. The van der Waals surface area contributed by atoms with Crippen LogP contribution in [0.2, 0.25) is 0 Å². The molecule has 5 rings (SSSR count). The lowest BCUT2D eigenvalue weighted by molar-refractivity contribution is 0.391. The Hall–Kier alpha value is -3.34. The summed E-state index contributed by atoms with van der Waals surface area (Å²) in [5.41, 5.74) is 3.75. The topological polar surface area (TPSA) is 94.6 Å². The molecule has 0 aliphatic carbocycles. The summed E-state index contributed by atoms with van der Waals surface area (Å²) >= 11 is 3.59. The third-order valence-electron chi connectivity index (χ3n) is 6.45. The van der Waals surface area contributed by atoms with E-state index in [1.165, 1.54) is 0 Å². The Balaban J connectivity index is 1.42. The van der Waals surface area contributed by atoms with E-state index in [1.54, 1.807) is 14.2 Å². The number of nitrogens with zero attached hydrogens (tertiary/aromatic N) is 7. The summed E-state index contributed by atoms with van der Waals surface area (Å²) in [7, 11) is 5.24. The van der Waals surface area contributed by atoms with Gasteiger partial charge in [-0.25, -0.2) is 14.5 Å². The average Bonchev–Trinajstić information content (AvgIpc) is 3.52. The van der Waals surface area contributed by atoms with Crippen molar-refractivity contribution in [2.24, 2.45) is 7.05 Å². The number of aromatic nitrogens is 6. The van der Waals surface area contributed by atoms with Gasteiger partial charge in [0.1, 0.15) is 16.1 Å². The number of methoxy groups -OCH3 is 2. The molecular weight excluding hydrogens is 512 g/mol. The summed E-state index contributed by atoms with van der Waals surface area (Å²) in [5.74, 6) is 3.24. The van der Waals surface area contributed by atoms with Crippen LogP contribution < -0.4 is 19.7 Å². The lowest BCUT2D eigenvalue weighted by atomic mass is 9.97. The van der Waals surface area contributed by atoms with Crippen molar-refractivity contribution in [3.63, 3.8) is 0 Å². The van der Waals surface area contributed by atoms with Crippen LogP contribution >= 0.6 is 15.9 Å². The number of piperidine rings is 1. The molecular formula is C24H29BrN8O2. The quantitative estimate of drug-likeness (QED) is 0.376. The predicted molar refractivity (Wildman–Crippen MR) is 137 cm³/mol. The van der Waals surface area contributed by atoms with Crippen molar-refractivity contribution in [3.05, 3.63) is 52.3 Å². The molecule has 1 saturated heterocycles. The molecule has 184 valence electrons. The number of nitrogens with one attached hydrogen (secondary N) is 1. The van der Waals surface area contributed by atoms with Crippen LogP contribution in [0, 0.1) is 6.92 Å². The molecule has 11 heteroatoms. The van der Waals surface area contributed by atoms with Gasteiger partial charge in [0.05, 0.1) is 31.8 Å². The van der Waals surface area contributed by atoms with Crippen molar-refractivity contribution in [1.82, 2.24) is 29.4 Å². The van der Waals surface area contributed by atoms with Crippen LogP contribution in [-0.4, -0.2) is 56.7 Å². The van der Waals surface area contributed by atoms with Gasteiger partial charge in [-0.15, -0.1) is 0 Å². The minimum Gasteiger partial charge on any atom is -0.497 e. The first-order valence-corrected chi connectivity index (χ1v) is 12.4. The maximum atomic E-state index is 5.54. The Morgan fingerprint density at radius 3 is 2.80 bits per heavy atom. The zero-order valence-corrected chi connectivity index (χ0v) is 21.9. The highest BCUT2D eigenvalue weighted by atomic mass is 79.9. The van der Waals surface area contributed by atoms with Gasteiger partial charge in [-0.1, -0.05) is 0 Å². The number of halogens is 1. The standard InChI is InChI=1S/C24H29BrN8O2/c1-15-21(25)28-23(26-11-16-7-8-19(34-3)10-20(16)35-4)24-29-22(30-33(15)24)17-6-5-9-32(13-17)18-12-27-31(2)14-18/h7-8,10,12,14,17H,5-6,9,11,13H2,1-4H3,(H,26,28). The molecule has 1 unspecified atom stereocenters. The molecule has 0 radical (unpaired) electrons. The summed E-state index contributed by atoms with van der Waals surface area (Å²) in [4.78, 5) is 12.0. The molecule has 3 aromatic heterocycles. The van der Waals surface area contributed by atoms with Crippen molar-refractivity contribution in [1.29, 1.82) is 0 Å². The molecule has 10 nitrogen and oxygen atoms in total. The fourth-order valence-electron chi connectivity index (χ4n) is 4.49. The summed E-state index contributed by atoms with van der Waals surface area (Å²) < 4.78 is 15.3. The van der Waals surface area contributed by atoms with E-state index in [9.17, 15) is 0 Å². The summed E-state index contributed by atoms with van der Waals surface area (Å²) in [6, 6.07) is 5.77. The van der Waals surface area contributed by atoms with E-state index in [0.717, 1.165) is 64.8 Å². The second-order valence-electron chi connectivity index (χ2n) is 8.73. The first-order valence-electron chi connectivity index (χ1n) is 11.6. The lowest BCUT2D eigenvalue weighted by Gasteiger charge is -2.32. The van der Waals surface area contributed by atoms with E-state index in [1.807, 2.05) is 47.6 Å². The molecule has 35 heavy (non-hydrogen) atoms. The number of rotatable bonds is 7. The van der Waals surface area contributed by atoms with Crippen molar-refractivity contribution in [3.8, 4) is 11.5 Å². The van der Waals surface area contributed by atoms with Crippen LogP contribution in [0.4, 0.5) is 11.5 Å². The third kappa shape index (κ3) is 4.64. The summed E-state index contributed by atoms with van der Waals surface area (Å²) in [5, 5.41) is 12.7. The highest BCUT2D eigenvalue weighted by Crippen LogP contribution is 2.31. The molecule has 4 heterocycles. The molecule has 1 fully saturated rings. The second-order valence-corrected chi connectivity index (χ2v) is 9.48. The number of hydrogen-bond donors (Lipinski definition) is 1. The number of hydrogen-bond acceptors (Lipinski definition) is 8. The Labute approximate surface area is 212 Å². The van der Waals surface area contributed by atoms with Crippen molar-refractivity contribution in [2.45, 2.75) is 32.2 Å². The molecule has 0 saturated carbocycles. The molecule has 1 N–H and O–H groups in total. The Morgan fingerprint density at radius 2 is 2.06 bits per heavy atom. The van der Waals surface area contributed by atoms with Crippen LogP contribution in [0.15, 0.2) is 35.2 Å². The van der Waals surface area contributed by atoms with Crippen LogP contribution in [0.25, 0.3) is 5.65 Å². The van der Waals surface area contributed by atoms with Gasteiger partial charge in [-0.3, -0.25) is 4.68 Å². The van der Waals surface area contributed by atoms with Gasteiger partial charge in [-0.2, -0.15) is 10.2 Å². The van der Waals surface area contributed by atoms with Gasteiger partial charge in [0.15, 0.2) is 17.3 Å². The number of aryl methyl sites for hydroxylation is 2. The van der Waals surface area contributed by atoms with Gasteiger partial charge in [0, 0.05) is 50.4 Å². The first kappa shape index (κ1) is 23.4. The molecule has 0 bridgehead atoms. The Bertz CT molecular complexity index is 1350. The van der Waals surface area contributed by atoms with E-state index in [4.69, 9.17) is 24.5 Å². The number of benzene rings is 1. The fourth-order valence-corrected chi connectivity index (χ4v) is 4.84. The van der Waals surface area contributed by atoms with Crippen LogP contribution in [-0.2, 0) is 13.6 Å². The minimum absolute atomic E-state index is 0.233. The molecule has 1 aromatic carbocycles. The van der Waals surface area contributed by atoms with Crippen LogP contribution in [0.3, 0.4) is 0 Å². The highest BCUT2D eigenvalue weighted by molar-refractivity contribution is 9.10. The third-order valence-corrected chi connectivity index (χ3v) is 7.20. The maximum absolute atomic E-state index is 5.54. The second kappa shape index (κ2) is 9.73. The van der Waals surface area contributed by atoms with Gasteiger partial charge < -0.3 is 19.7 Å². The molecule has 0 amide bonds. The average molecular weight is 541 g/mol. The van der Waals surface area contributed by atoms with Crippen molar-refractivity contribution >= 4 is 33.1 Å². The molecule has 1 aliphatic heterocycles. The van der Waals surface area contributed by atoms with Crippen LogP contribution in [0.1, 0.15) is 35.8 Å². The van der Waals surface area contributed by atoms with E-state index >= 15 is 0 Å². The summed E-state index contributed by atoms with van der Waals surface area (Å²) in [6.45, 7) is 4.38. The maximum Gasteiger partial charge on any atom is 0.198 e. The Morgan fingerprint density at radius 1 is 1.20 bits per heavy atom. The number of fused-ring (bicyclic) bond motifs is 1. The predicted octanol–water partition coefficient (Wildman–Crippen LogP) is 3.94. The molecule has 4 aromatic rings. The van der Waals surface area contributed by atoms with Crippen LogP contribution in [0.5, 0.6) is 11.5 Å². The first-order chi connectivity index (χ1) is 17.0. The normalized spacial score (nSPS) is 16.0. The van der Waals surface area contributed by atoms with Gasteiger partial charge in [0.2, 0.25) is 0 Å². The zero-order valence-electron chi connectivity index (χ0n) is 20.3. The van der Waals surface area contributed by atoms with Crippen molar-refractivity contribution < 1.29 is 9.47 Å².